The van der Waals surface area contributed by atoms with Crippen LogP contribution in [0.1, 0.15) is 25.3 Å². The molecule has 2 amide bonds. The summed E-state index contributed by atoms with van der Waals surface area (Å²) in [5.74, 6) is 0.381. The van der Waals surface area contributed by atoms with Gasteiger partial charge in [0.25, 0.3) is 0 Å². The number of aliphatic hydroxyl groups is 1. The summed E-state index contributed by atoms with van der Waals surface area (Å²) in [6.07, 6.45) is 1.65. The summed E-state index contributed by atoms with van der Waals surface area (Å²) in [7, 11) is 0. The van der Waals surface area contributed by atoms with Gasteiger partial charge in [-0.3, -0.25) is 0 Å². The second kappa shape index (κ2) is 8.82. The number of hydrogen-bond donors (Lipinski definition) is 2. The van der Waals surface area contributed by atoms with E-state index in [4.69, 9.17) is 0 Å². The molecule has 1 aliphatic heterocycles. The van der Waals surface area contributed by atoms with Crippen molar-refractivity contribution in [3.8, 4) is 5.75 Å². The molecule has 2 rings (SSSR count). The quantitative estimate of drug-likeness (QED) is 0.835. The molecule has 134 valence electrons. The first kappa shape index (κ1) is 18.4. The smallest absolute Gasteiger partial charge is 0.387 e. The van der Waals surface area contributed by atoms with Crippen LogP contribution in [0.3, 0.4) is 0 Å². The Morgan fingerprint density at radius 1 is 1.38 bits per heavy atom. The first-order valence-electron chi connectivity index (χ1n) is 8.21. The first-order valence-corrected chi connectivity index (χ1v) is 8.21. The van der Waals surface area contributed by atoms with E-state index in [1.165, 1.54) is 6.07 Å². The van der Waals surface area contributed by atoms with E-state index in [1.807, 2.05) is 0 Å². The molecule has 1 fully saturated rings. The maximum absolute atomic E-state index is 12.4. The lowest BCUT2D eigenvalue weighted by molar-refractivity contribution is -0.0504. The molecule has 7 heteroatoms. The van der Waals surface area contributed by atoms with Crippen LogP contribution in [0.2, 0.25) is 0 Å². The van der Waals surface area contributed by atoms with Gasteiger partial charge in [0, 0.05) is 19.6 Å². The number of likely N-dealkylation sites (tertiary alicyclic amines) is 1. The molecule has 5 nitrogen and oxygen atoms in total. The number of piperidine rings is 1. The van der Waals surface area contributed by atoms with Gasteiger partial charge in [0.1, 0.15) is 5.75 Å². The third-order valence-corrected chi connectivity index (χ3v) is 4.37. The van der Waals surface area contributed by atoms with Gasteiger partial charge in [-0.05, 0) is 43.7 Å². The number of halogens is 2. The van der Waals surface area contributed by atoms with E-state index in [1.54, 1.807) is 30.0 Å². The second-order valence-corrected chi connectivity index (χ2v) is 6.03. The number of amides is 2. The second-order valence-electron chi connectivity index (χ2n) is 6.03. The summed E-state index contributed by atoms with van der Waals surface area (Å²) >= 11 is 0. The van der Waals surface area contributed by atoms with E-state index in [0.717, 1.165) is 12.8 Å². The molecule has 24 heavy (non-hydrogen) atoms. The summed E-state index contributed by atoms with van der Waals surface area (Å²) in [6, 6.07) is 6.41. The molecule has 0 saturated carbocycles. The molecule has 1 atom stereocenters. The van der Waals surface area contributed by atoms with Crippen molar-refractivity contribution in [3.05, 3.63) is 29.8 Å². The van der Waals surface area contributed by atoms with Crippen molar-refractivity contribution in [2.75, 3.05) is 19.6 Å². The molecule has 1 saturated heterocycles. The summed E-state index contributed by atoms with van der Waals surface area (Å²) in [4.78, 5) is 13.9. The van der Waals surface area contributed by atoms with Gasteiger partial charge in [-0.1, -0.05) is 18.2 Å². The molecule has 0 aromatic heterocycles. The molecule has 1 aliphatic rings. The number of hydrogen-bond acceptors (Lipinski definition) is 3. The van der Waals surface area contributed by atoms with Crippen LogP contribution in [0.25, 0.3) is 0 Å². The lowest BCUT2D eigenvalue weighted by Crippen LogP contribution is -2.46. The summed E-state index contributed by atoms with van der Waals surface area (Å²) in [6.45, 7) is 0.493. The number of urea groups is 1. The first-order chi connectivity index (χ1) is 11.5. The summed E-state index contributed by atoms with van der Waals surface area (Å²) in [5, 5.41) is 12.4. The van der Waals surface area contributed by atoms with Gasteiger partial charge in [-0.25, -0.2) is 4.79 Å². The van der Waals surface area contributed by atoms with Crippen LogP contribution in [0, 0.1) is 5.92 Å². The zero-order valence-corrected chi connectivity index (χ0v) is 13.8. The number of rotatable bonds is 6. The predicted octanol–water partition coefficient (Wildman–Crippen LogP) is 2.63. The van der Waals surface area contributed by atoms with Crippen molar-refractivity contribution in [1.29, 1.82) is 0 Å². The lowest BCUT2D eigenvalue weighted by atomic mass is 9.92. The van der Waals surface area contributed by atoms with Crippen LogP contribution in [0.15, 0.2) is 24.3 Å². The Morgan fingerprint density at radius 3 is 2.67 bits per heavy atom. The van der Waals surface area contributed by atoms with Crippen LogP contribution in [0.4, 0.5) is 13.6 Å². The molecule has 1 aromatic carbocycles. The fourth-order valence-corrected chi connectivity index (χ4v) is 2.92. The highest BCUT2D eigenvalue weighted by molar-refractivity contribution is 5.74. The number of nitrogens with one attached hydrogen (secondary N) is 1. The van der Waals surface area contributed by atoms with Crippen LogP contribution in [-0.2, 0) is 6.42 Å². The number of carbonyl (C=O) groups is 1. The average Bonchev–Trinajstić information content (AvgIpc) is 2.56. The topological polar surface area (TPSA) is 61.8 Å². The molecule has 0 radical (unpaired) electrons. The highest BCUT2D eigenvalue weighted by Crippen LogP contribution is 2.21. The largest absolute Gasteiger partial charge is 0.435 e. The van der Waals surface area contributed by atoms with Crippen molar-refractivity contribution in [1.82, 2.24) is 10.2 Å². The van der Waals surface area contributed by atoms with Gasteiger partial charge in [-0.15, -0.1) is 0 Å². The maximum Gasteiger partial charge on any atom is 0.387 e. The standard InChI is InChI=1S/C17H24F2N2O3/c1-12(22)13-7-10-21(11-8-13)17(23)20-9-6-14-4-2-3-5-15(14)24-16(18)19/h2-5,12-13,16,22H,6-11H2,1H3,(H,20,23)/t12-/m0/s1. The van der Waals surface area contributed by atoms with E-state index in [9.17, 15) is 18.7 Å². The summed E-state index contributed by atoms with van der Waals surface area (Å²) in [5.41, 5.74) is 0.630. The van der Waals surface area contributed by atoms with Crippen molar-refractivity contribution in [2.24, 2.45) is 5.92 Å². The van der Waals surface area contributed by atoms with E-state index in [2.05, 4.69) is 10.1 Å². The molecule has 0 unspecified atom stereocenters. The van der Waals surface area contributed by atoms with Gasteiger partial charge in [0.2, 0.25) is 0 Å². The number of aliphatic hydroxyl groups excluding tert-OH is 1. The zero-order valence-electron chi connectivity index (χ0n) is 13.8. The minimum Gasteiger partial charge on any atom is -0.435 e. The van der Waals surface area contributed by atoms with E-state index in [-0.39, 0.29) is 23.8 Å². The van der Waals surface area contributed by atoms with Gasteiger partial charge in [0.05, 0.1) is 6.10 Å². The van der Waals surface area contributed by atoms with Crippen molar-refractivity contribution in [3.63, 3.8) is 0 Å². The highest BCUT2D eigenvalue weighted by Gasteiger charge is 2.25. The summed E-state index contributed by atoms with van der Waals surface area (Å²) < 4.78 is 29.2. The molecule has 1 heterocycles. The SMILES string of the molecule is C[C@H](O)C1CCN(C(=O)NCCc2ccccc2OC(F)F)CC1. The Bertz CT molecular complexity index is 532. The molecule has 0 spiro atoms. The van der Waals surface area contributed by atoms with Crippen molar-refractivity contribution >= 4 is 6.03 Å². The minimum absolute atomic E-state index is 0.138. The Hall–Kier alpha value is -1.89. The minimum atomic E-state index is -2.86. The number of para-hydroxylation sites is 1. The fraction of sp³-hybridized carbons (Fsp3) is 0.588. The number of carbonyl (C=O) groups excluding carboxylic acids is 1. The van der Waals surface area contributed by atoms with Gasteiger partial charge < -0.3 is 20.1 Å². The zero-order chi connectivity index (χ0) is 17.5. The number of benzene rings is 1. The maximum atomic E-state index is 12.4. The Balaban J connectivity index is 1.77. The Morgan fingerprint density at radius 2 is 2.04 bits per heavy atom. The predicted molar refractivity (Wildman–Crippen MR) is 86.2 cm³/mol. The van der Waals surface area contributed by atoms with Crippen LogP contribution in [-0.4, -0.2) is 48.4 Å². The van der Waals surface area contributed by atoms with Crippen LogP contribution < -0.4 is 10.1 Å². The molecule has 0 bridgehead atoms. The molecule has 1 aromatic rings. The lowest BCUT2D eigenvalue weighted by Gasteiger charge is -2.33. The van der Waals surface area contributed by atoms with Gasteiger partial charge in [0.15, 0.2) is 0 Å². The normalized spacial score (nSPS) is 17.0. The number of alkyl halides is 2. The van der Waals surface area contributed by atoms with Crippen molar-refractivity contribution < 1.29 is 23.4 Å². The van der Waals surface area contributed by atoms with E-state index in [0.29, 0.717) is 31.6 Å². The molecule has 2 N–H and O–H groups in total. The molecular formula is C17H24F2N2O3. The Labute approximate surface area is 140 Å². The number of ether oxygens (including phenoxy) is 1. The molecular weight excluding hydrogens is 318 g/mol. The third-order valence-electron chi connectivity index (χ3n) is 4.37. The Kier molecular flexibility index (Phi) is 6.78. The fourth-order valence-electron chi connectivity index (χ4n) is 2.92. The van der Waals surface area contributed by atoms with Crippen LogP contribution in [0.5, 0.6) is 5.75 Å². The van der Waals surface area contributed by atoms with Gasteiger partial charge in [-0.2, -0.15) is 8.78 Å². The molecule has 0 aliphatic carbocycles. The third kappa shape index (κ3) is 5.33. The number of nitrogens with zero attached hydrogens (tertiary/aromatic N) is 1. The van der Waals surface area contributed by atoms with Crippen LogP contribution >= 0.6 is 0 Å². The van der Waals surface area contributed by atoms with Gasteiger partial charge >= 0.3 is 12.6 Å². The monoisotopic (exact) mass is 342 g/mol. The highest BCUT2D eigenvalue weighted by atomic mass is 19.3. The average molecular weight is 342 g/mol. The van der Waals surface area contributed by atoms with E-state index >= 15 is 0 Å². The van der Waals surface area contributed by atoms with E-state index < -0.39 is 6.61 Å². The van der Waals surface area contributed by atoms with Crippen molar-refractivity contribution in [2.45, 2.75) is 38.9 Å².